The third kappa shape index (κ3) is 5.71. The number of allylic oxidation sites excluding steroid dienone is 6. The van der Waals surface area contributed by atoms with E-state index in [0.29, 0.717) is 33.4 Å². The van der Waals surface area contributed by atoms with Gasteiger partial charge in [-0.2, -0.15) is 21.0 Å². The molecule has 0 bridgehead atoms. The summed E-state index contributed by atoms with van der Waals surface area (Å²) in [5, 5.41) is 41.2. The highest BCUT2D eigenvalue weighted by atomic mass is 19.1. The van der Waals surface area contributed by atoms with Crippen molar-refractivity contribution in [1.82, 2.24) is 0 Å². The summed E-state index contributed by atoms with van der Waals surface area (Å²) in [7, 11) is 0. The molecule has 5 aromatic rings. The van der Waals surface area contributed by atoms with Crippen LogP contribution in [0.15, 0.2) is 97.1 Å². The Morgan fingerprint density at radius 2 is 1.05 bits per heavy atom. The van der Waals surface area contributed by atoms with Gasteiger partial charge in [0.1, 0.15) is 23.8 Å². The monoisotopic (exact) mass is 718 g/mol. The maximum absolute atomic E-state index is 14.3. The summed E-state index contributed by atoms with van der Waals surface area (Å²) in [5.74, 6) is -1.08. The van der Waals surface area contributed by atoms with Crippen molar-refractivity contribution in [2.24, 2.45) is 0 Å². The summed E-state index contributed by atoms with van der Waals surface area (Å²) >= 11 is 0. The molecule has 0 spiro atoms. The molecule has 0 fully saturated rings. The van der Waals surface area contributed by atoms with Crippen molar-refractivity contribution in [2.75, 3.05) is 0 Å². The van der Waals surface area contributed by atoms with Crippen molar-refractivity contribution in [3.63, 3.8) is 0 Å². The lowest BCUT2D eigenvalue weighted by Gasteiger charge is -2.15. The van der Waals surface area contributed by atoms with Gasteiger partial charge in [-0.25, -0.2) is 28.2 Å². The molecule has 0 saturated carbocycles. The lowest BCUT2D eigenvalue weighted by molar-refractivity contribution is 0.627. The quantitative estimate of drug-likeness (QED) is 0.136. The predicted octanol–water partition coefficient (Wildman–Crippen LogP) is 11.3. The number of halogens is 2. The maximum Gasteiger partial charge on any atom is 0.203 e. The number of hydrogen-bond acceptors (Lipinski definition) is 4. The van der Waals surface area contributed by atoms with Crippen molar-refractivity contribution >= 4 is 56.2 Å². The first-order valence-electron chi connectivity index (χ1n) is 16.3. The van der Waals surface area contributed by atoms with E-state index in [1.807, 2.05) is 12.1 Å². The molecular weight excluding hydrogens is 703 g/mol. The second kappa shape index (κ2) is 14.1. The summed E-state index contributed by atoms with van der Waals surface area (Å²) in [6, 6.07) is 31.1. The molecule has 0 aliphatic heterocycles. The van der Waals surface area contributed by atoms with Crippen LogP contribution in [0.2, 0.25) is 0 Å². The van der Waals surface area contributed by atoms with E-state index in [0.717, 1.165) is 0 Å². The topological polar surface area (TPSA) is 113 Å². The van der Waals surface area contributed by atoms with Crippen LogP contribution in [0, 0.1) is 83.2 Å². The molecular formula is C46H16F2N8. The van der Waals surface area contributed by atoms with E-state index in [2.05, 4.69) is 31.5 Å². The smallest absolute Gasteiger partial charge is 0.203 e. The fraction of sp³-hybridized carbons (Fsp3) is 0. The Kier molecular flexibility index (Phi) is 8.88. The van der Waals surface area contributed by atoms with Crippen LogP contribution in [-0.4, -0.2) is 0 Å². The van der Waals surface area contributed by atoms with Crippen LogP contribution in [0.4, 0.5) is 20.2 Å². The Bertz CT molecular complexity index is 2830. The molecule has 5 aromatic carbocycles. The van der Waals surface area contributed by atoms with Crippen molar-refractivity contribution in [1.29, 1.82) is 21.0 Å². The van der Waals surface area contributed by atoms with Gasteiger partial charge in [0.15, 0.2) is 11.4 Å². The van der Waals surface area contributed by atoms with Gasteiger partial charge in [-0.3, -0.25) is 0 Å². The van der Waals surface area contributed by atoms with Crippen molar-refractivity contribution in [3.05, 3.63) is 210 Å². The Hall–Kier alpha value is -9.16. The van der Waals surface area contributed by atoms with Gasteiger partial charge in [-0.1, -0.05) is 48.5 Å². The van der Waals surface area contributed by atoms with Crippen LogP contribution in [0.25, 0.3) is 64.2 Å². The third-order valence-electron chi connectivity index (χ3n) is 9.32. The molecule has 56 heavy (non-hydrogen) atoms. The average Bonchev–Trinajstić information content (AvgIpc) is 3.72. The molecule has 0 saturated heterocycles. The zero-order valence-corrected chi connectivity index (χ0v) is 28.6. The molecule has 8 nitrogen and oxygen atoms in total. The van der Waals surface area contributed by atoms with E-state index in [4.69, 9.17) is 26.3 Å². The number of nitriles is 4. The average molecular weight is 719 g/mol. The van der Waals surface area contributed by atoms with Crippen molar-refractivity contribution in [3.8, 4) is 24.3 Å². The fourth-order valence-electron chi connectivity index (χ4n) is 7.03. The zero-order valence-electron chi connectivity index (χ0n) is 28.6. The SMILES string of the molecule is [C-]#[N+]C1=C(c2ccc(F)cc2)/C(=C(/C#N)c2cc([N+]#[C-])cc([N+]#[C-])c2)c2cc3c(cc21)/C(=C(\[N+]#[C-])c1cc(C#N)cc(C#N)c1)C(c1ccc(F)cc1)=C3C#N. The first-order chi connectivity index (χ1) is 27.2. The fourth-order valence-corrected chi connectivity index (χ4v) is 7.03. The van der Waals surface area contributed by atoms with Gasteiger partial charge in [0.25, 0.3) is 0 Å². The summed E-state index contributed by atoms with van der Waals surface area (Å²) in [6.07, 6.45) is 0. The minimum Gasteiger partial charge on any atom is -0.239 e. The third-order valence-corrected chi connectivity index (χ3v) is 9.32. The van der Waals surface area contributed by atoms with Gasteiger partial charge in [-0.05, 0) is 115 Å². The Labute approximate surface area is 319 Å². The summed E-state index contributed by atoms with van der Waals surface area (Å²) < 4.78 is 28.6. The van der Waals surface area contributed by atoms with Gasteiger partial charge in [-0.15, -0.1) is 0 Å². The highest BCUT2D eigenvalue weighted by Crippen LogP contribution is 2.56. The molecule has 0 N–H and O–H groups in total. The Morgan fingerprint density at radius 1 is 0.518 bits per heavy atom. The van der Waals surface area contributed by atoms with E-state index in [-0.39, 0.29) is 78.5 Å². The largest absolute Gasteiger partial charge is 0.239 e. The lowest BCUT2D eigenvalue weighted by Crippen LogP contribution is -1.96. The Morgan fingerprint density at radius 3 is 1.54 bits per heavy atom. The number of benzene rings is 5. The van der Waals surface area contributed by atoms with Crippen LogP contribution in [0.5, 0.6) is 0 Å². The number of hydrogen-bond donors (Lipinski definition) is 0. The molecule has 0 radical (unpaired) electrons. The molecule has 2 aliphatic carbocycles. The normalized spacial score (nSPS) is 14.0. The van der Waals surface area contributed by atoms with E-state index in [1.54, 1.807) is 12.1 Å². The first kappa shape index (κ1) is 35.3. The van der Waals surface area contributed by atoms with E-state index in [9.17, 15) is 29.8 Å². The van der Waals surface area contributed by atoms with Gasteiger partial charge >= 0.3 is 0 Å². The van der Waals surface area contributed by atoms with Gasteiger partial charge < -0.3 is 0 Å². The molecule has 0 unspecified atom stereocenters. The molecule has 254 valence electrons. The standard InChI is InChI=1S/C46H16F2N8/c1-53-33-16-29(17-34(18-33)54-2)39(23-51)43-37-19-35-36(20-38(37)46(56-4)42(43)28-7-11-32(48)12-8-28)44(41(40(35)24-52)27-5-9-31(47)10-6-27)45(55-3)30-14-25(21-49)13-26(15-30)22-50/h5-20H/b43-39-,45-44+. The van der Waals surface area contributed by atoms with Gasteiger partial charge in [0.2, 0.25) is 11.4 Å². The zero-order chi connectivity index (χ0) is 39.7. The lowest BCUT2D eigenvalue weighted by atomic mass is 9.87. The summed E-state index contributed by atoms with van der Waals surface area (Å²) in [5.41, 5.74) is 4.13. The number of nitrogens with zero attached hydrogens (tertiary/aromatic N) is 8. The van der Waals surface area contributed by atoms with Gasteiger partial charge in [0.05, 0.1) is 60.7 Å². The highest BCUT2D eigenvalue weighted by Gasteiger charge is 2.37. The number of rotatable bonds is 4. The van der Waals surface area contributed by atoms with Crippen LogP contribution in [0.3, 0.4) is 0 Å². The molecule has 0 atom stereocenters. The van der Waals surface area contributed by atoms with E-state index >= 15 is 0 Å². The van der Waals surface area contributed by atoms with Crippen LogP contribution >= 0.6 is 0 Å². The van der Waals surface area contributed by atoms with Crippen LogP contribution < -0.4 is 0 Å². The summed E-state index contributed by atoms with van der Waals surface area (Å²) in [4.78, 5) is 14.7. The highest BCUT2D eigenvalue weighted by molar-refractivity contribution is 6.33. The molecule has 0 heterocycles. The van der Waals surface area contributed by atoms with Crippen LogP contribution in [0.1, 0.15) is 55.6 Å². The van der Waals surface area contributed by atoms with Crippen molar-refractivity contribution in [2.45, 2.75) is 0 Å². The molecule has 7 rings (SSSR count). The Balaban J connectivity index is 1.66. The molecule has 0 amide bonds. The van der Waals surface area contributed by atoms with Gasteiger partial charge in [0, 0.05) is 0 Å². The molecule has 10 heteroatoms. The van der Waals surface area contributed by atoms with Crippen LogP contribution in [-0.2, 0) is 0 Å². The van der Waals surface area contributed by atoms with E-state index in [1.165, 1.54) is 84.9 Å². The molecule has 0 aromatic heterocycles. The minimum absolute atomic E-state index is 0.00813. The second-order valence-electron chi connectivity index (χ2n) is 12.3. The molecule has 2 aliphatic rings. The maximum atomic E-state index is 14.3. The first-order valence-corrected chi connectivity index (χ1v) is 16.3. The summed E-state index contributed by atoms with van der Waals surface area (Å²) in [6.45, 7) is 32.1. The van der Waals surface area contributed by atoms with Crippen molar-refractivity contribution < 1.29 is 8.78 Å². The minimum atomic E-state index is -0.540. The predicted molar refractivity (Wildman–Crippen MR) is 206 cm³/mol. The second-order valence-corrected chi connectivity index (χ2v) is 12.3. The number of fused-ring (bicyclic) bond motifs is 2. The van der Waals surface area contributed by atoms with E-state index < -0.39 is 11.6 Å².